The molecule has 0 fully saturated rings. The molecule has 0 saturated heterocycles. The third-order valence-corrected chi connectivity index (χ3v) is 4.06. The molecule has 1 aromatic rings. The number of rotatable bonds is 1. The Labute approximate surface area is 107 Å². The van der Waals surface area contributed by atoms with Crippen LogP contribution < -0.4 is 10.4 Å². The van der Waals surface area contributed by atoms with Crippen LogP contribution in [0.4, 0.5) is 5.69 Å². The summed E-state index contributed by atoms with van der Waals surface area (Å²) >= 11 is 0. The monoisotopic (exact) mass is 242 g/mol. The second-order valence-electron chi connectivity index (χ2n) is 5.34. The number of aliphatic carboxylic acids is 1. The van der Waals surface area contributed by atoms with Gasteiger partial charge in [-0.1, -0.05) is 29.8 Å². The van der Waals surface area contributed by atoms with Gasteiger partial charge in [-0.05, 0) is 37.3 Å². The van der Waals surface area contributed by atoms with Gasteiger partial charge in [-0.25, -0.2) is 0 Å². The first kappa shape index (κ1) is 11.3. The second kappa shape index (κ2) is 3.87. The van der Waals surface area contributed by atoms with Crippen LogP contribution in [0.5, 0.6) is 0 Å². The van der Waals surface area contributed by atoms with Gasteiger partial charge in [0.15, 0.2) is 0 Å². The van der Waals surface area contributed by atoms with Crippen molar-refractivity contribution < 1.29 is 9.90 Å². The summed E-state index contributed by atoms with van der Waals surface area (Å²) in [7, 11) is 0. The smallest absolute Gasteiger partial charge is 0.0698 e. The van der Waals surface area contributed by atoms with Gasteiger partial charge < -0.3 is 15.2 Å². The number of fused-ring (bicyclic) bond motifs is 3. The first-order chi connectivity index (χ1) is 8.58. The Bertz CT molecular complexity index is 548. The average molecular weight is 242 g/mol. The minimum Gasteiger partial charge on any atom is -0.548 e. The largest absolute Gasteiger partial charge is 0.548 e. The number of carbonyl (C=O) groups excluding carboxylic acids is 1. The van der Waals surface area contributed by atoms with Gasteiger partial charge in [0.2, 0.25) is 0 Å². The standard InChI is InChI=1S/C15H17NO2/c1-8-6-9(2)13-12(7-8)10-4-3-5-11(10)14(16-13)15(17)18/h3-4,6-7,10-11,14,16H,5H2,1-2H3,(H,17,18)/p-1/t10-,11-,14+/m0/s1. The molecule has 18 heavy (non-hydrogen) atoms. The Kier molecular flexibility index (Phi) is 2.44. The topological polar surface area (TPSA) is 52.2 Å². The van der Waals surface area contributed by atoms with Crippen molar-refractivity contribution >= 4 is 11.7 Å². The summed E-state index contributed by atoms with van der Waals surface area (Å²) in [6.07, 6.45) is 5.03. The lowest BCUT2D eigenvalue weighted by Gasteiger charge is -2.38. The van der Waals surface area contributed by atoms with Crippen LogP contribution in [0.2, 0.25) is 0 Å². The van der Waals surface area contributed by atoms with Crippen LogP contribution >= 0.6 is 0 Å². The number of aryl methyl sites for hydroxylation is 2. The van der Waals surface area contributed by atoms with Gasteiger partial charge in [-0.3, -0.25) is 0 Å². The van der Waals surface area contributed by atoms with Gasteiger partial charge in [0.1, 0.15) is 0 Å². The number of nitrogens with one attached hydrogen (secondary N) is 1. The number of hydrogen-bond donors (Lipinski definition) is 1. The number of anilines is 1. The molecule has 1 aliphatic carbocycles. The molecule has 0 unspecified atom stereocenters. The molecule has 3 atom stereocenters. The number of carboxylic acids is 1. The molecule has 1 N–H and O–H groups in total. The van der Waals surface area contributed by atoms with E-state index in [-0.39, 0.29) is 11.8 Å². The minimum atomic E-state index is -1.00. The van der Waals surface area contributed by atoms with Crippen LogP contribution in [0.25, 0.3) is 0 Å². The van der Waals surface area contributed by atoms with E-state index in [0.29, 0.717) is 0 Å². The number of carboxylic acid groups (broad SMARTS) is 1. The lowest BCUT2D eigenvalue weighted by atomic mass is 9.78. The molecular weight excluding hydrogens is 226 g/mol. The Morgan fingerprint density at radius 2 is 2.17 bits per heavy atom. The van der Waals surface area contributed by atoms with Crippen molar-refractivity contribution in [1.29, 1.82) is 0 Å². The van der Waals surface area contributed by atoms with Crippen LogP contribution in [0.1, 0.15) is 29.0 Å². The highest BCUT2D eigenvalue weighted by Crippen LogP contribution is 2.45. The zero-order valence-electron chi connectivity index (χ0n) is 10.6. The molecule has 0 aromatic heterocycles. The quantitative estimate of drug-likeness (QED) is 0.759. The van der Waals surface area contributed by atoms with Gasteiger partial charge >= 0.3 is 0 Å². The first-order valence-corrected chi connectivity index (χ1v) is 6.33. The molecule has 94 valence electrons. The van der Waals surface area contributed by atoms with E-state index >= 15 is 0 Å². The van der Waals surface area contributed by atoms with Crippen molar-refractivity contribution in [2.24, 2.45) is 5.92 Å². The van der Waals surface area contributed by atoms with E-state index in [9.17, 15) is 9.90 Å². The Morgan fingerprint density at radius 3 is 2.89 bits per heavy atom. The Morgan fingerprint density at radius 1 is 1.39 bits per heavy atom. The fraction of sp³-hybridized carbons (Fsp3) is 0.400. The zero-order chi connectivity index (χ0) is 12.9. The minimum absolute atomic E-state index is 0.0868. The Balaban J connectivity index is 2.14. The van der Waals surface area contributed by atoms with Gasteiger partial charge in [0.25, 0.3) is 0 Å². The summed E-state index contributed by atoms with van der Waals surface area (Å²) in [5.41, 5.74) is 4.53. The SMILES string of the molecule is Cc1cc(C)c2c(c1)[C@H]1C=CC[C@@H]1[C@H](C(=O)[O-])N2. The van der Waals surface area contributed by atoms with Crippen molar-refractivity contribution in [2.45, 2.75) is 32.2 Å². The van der Waals surface area contributed by atoms with Crippen LogP contribution in [0.3, 0.4) is 0 Å². The van der Waals surface area contributed by atoms with Crippen molar-refractivity contribution in [3.63, 3.8) is 0 Å². The number of allylic oxidation sites excluding steroid dienone is 2. The predicted molar refractivity (Wildman–Crippen MR) is 68.3 cm³/mol. The molecule has 1 aromatic carbocycles. The summed E-state index contributed by atoms with van der Waals surface area (Å²) < 4.78 is 0. The molecule has 2 aliphatic rings. The van der Waals surface area contributed by atoms with Gasteiger partial charge in [0.05, 0.1) is 12.0 Å². The third kappa shape index (κ3) is 1.54. The van der Waals surface area contributed by atoms with E-state index in [1.165, 1.54) is 11.1 Å². The van der Waals surface area contributed by atoms with Crippen molar-refractivity contribution in [2.75, 3.05) is 5.32 Å². The summed E-state index contributed by atoms with van der Waals surface area (Å²) in [4.78, 5) is 11.3. The van der Waals surface area contributed by atoms with Crippen molar-refractivity contribution in [1.82, 2.24) is 0 Å². The van der Waals surface area contributed by atoms with Crippen molar-refractivity contribution in [3.05, 3.63) is 41.0 Å². The van der Waals surface area contributed by atoms with Crippen LogP contribution in [0.15, 0.2) is 24.3 Å². The number of hydrogen-bond acceptors (Lipinski definition) is 3. The summed E-state index contributed by atoms with van der Waals surface area (Å²) in [6, 6.07) is 3.66. The van der Waals surface area contributed by atoms with Gasteiger partial charge in [0, 0.05) is 11.6 Å². The first-order valence-electron chi connectivity index (χ1n) is 6.33. The van der Waals surface area contributed by atoms with Gasteiger partial charge in [-0.15, -0.1) is 0 Å². The molecule has 0 spiro atoms. The zero-order valence-corrected chi connectivity index (χ0v) is 10.6. The Hall–Kier alpha value is -1.77. The molecule has 0 saturated carbocycles. The third-order valence-electron chi connectivity index (χ3n) is 4.06. The molecule has 3 heteroatoms. The maximum absolute atomic E-state index is 11.3. The van der Waals surface area contributed by atoms with Crippen LogP contribution in [0, 0.1) is 19.8 Å². The molecule has 3 rings (SSSR count). The van der Waals surface area contributed by atoms with Crippen LogP contribution in [-0.2, 0) is 4.79 Å². The normalized spacial score (nSPS) is 28.4. The molecule has 0 bridgehead atoms. The van der Waals surface area contributed by atoms with E-state index in [1.807, 2.05) is 6.92 Å². The molecule has 1 aliphatic heterocycles. The summed E-state index contributed by atoms with van der Waals surface area (Å²) in [5.74, 6) is -0.703. The fourth-order valence-electron chi connectivity index (χ4n) is 3.31. The highest BCUT2D eigenvalue weighted by atomic mass is 16.4. The molecule has 0 radical (unpaired) electrons. The predicted octanol–water partition coefficient (Wildman–Crippen LogP) is 1.51. The molecule has 3 nitrogen and oxygen atoms in total. The molecular formula is C15H16NO2-. The van der Waals surface area contributed by atoms with E-state index in [1.54, 1.807) is 0 Å². The second-order valence-corrected chi connectivity index (χ2v) is 5.34. The summed E-state index contributed by atoms with van der Waals surface area (Å²) in [6.45, 7) is 4.09. The van der Waals surface area contributed by atoms with Crippen LogP contribution in [-0.4, -0.2) is 12.0 Å². The van der Waals surface area contributed by atoms with Crippen molar-refractivity contribution in [3.8, 4) is 0 Å². The lowest BCUT2D eigenvalue weighted by Crippen LogP contribution is -2.49. The van der Waals surface area contributed by atoms with E-state index in [0.717, 1.165) is 17.7 Å². The fourth-order valence-corrected chi connectivity index (χ4v) is 3.31. The van der Waals surface area contributed by atoms with Gasteiger partial charge in [-0.2, -0.15) is 0 Å². The van der Waals surface area contributed by atoms with E-state index in [4.69, 9.17) is 0 Å². The number of benzene rings is 1. The average Bonchev–Trinajstić information content (AvgIpc) is 2.76. The highest BCUT2D eigenvalue weighted by Gasteiger charge is 2.38. The maximum atomic E-state index is 11.3. The molecule has 1 heterocycles. The van der Waals surface area contributed by atoms with E-state index < -0.39 is 12.0 Å². The molecule has 0 amide bonds. The van der Waals surface area contributed by atoms with E-state index in [2.05, 4.69) is 36.5 Å². The maximum Gasteiger partial charge on any atom is 0.0698 e. The number of carbonyl (C=O) groups is 1. The lowest BCUT2D eigenvalue weighted by molar-refractivity contribution is -0.308. The highest BCUT2D eigenvalue weighted by molar-refractivity contribution is 5.80. The summed E-state index contributed by atoms with van der Waals surface area (Å²) in [5, 5.41) is 14.4.